The molecule has 1 aliphatic rings. The zero-order valence-corrected chi connectivity index (χ0v) is 12.6. The van der Waals surface area contributed by atoms with Gasteiger partial charge in [0.05, 0.1) is 0 Å². The molecular weight excluding hydrogens is 292 g/mol. The number of nitrogens with one attached hydrogen (secondary N) is 1. The van der Waals surface area contributed by atoms with E-state index in [-0.39, 0.29) is 0 Å². The quantitative estimate of drug-likeness (QED) is 0.877. The van der Waals surface area contributed by atoms with Gasteiger partial charge in [-0.25, -0.2) is 0 Å². The lowest BCUT2D eigenvalue weighted by molar-refractivity contribution is 0.0967. The molecule has 1 unspecified atom stereocenters. The van der Waals surface area contributed by atoms with E-state index in [9.17, 15) is 5.11 Å². The first-order valence-electron chi connectivity index (χ1n) is 6.62. The normalized spacial score (nSPS) is 17.8. The Kier molecular flexibility index (Phi) is 4.65. The van der Waals surface area contributed by atoms with E-state index in [0.717, 1.165) is 36.1 Å². The summed E-state index contributed by atoms with van der Waals surface area (Å²) >= 11 is 3.49. The van der Waals surface area contributed by atoms with Crippen molar-refractivity contribution in [3.05, 3.63) is 28.2 Å². The van der Waals surface area contributed by atoms with Crippen LogP contribution in [0.25, 0.3) is 0 Å². The molecule has 1 fully saturated rings. The third kappa shape index (κ3) is 2.71. The van der Waals surface area contributed by atoms with Gasteiger partial charge in [0.25, 0.3) is 0 Å². The molecule has 100 valence electrons. The third-order valence-corrected chi connectivity index (χ3v) is 4.22. The number of hydrogen-bond acceptors (Lipinski definition) is 3. The van der Waals surface area contributed by atoms with Crippen molar-refractivity contribution in [3.8, 4) is 5.75 Å². The summed E-state index contributed by atoms with van der Waals surface area (Å²) in [5, 5.41) is 13.4. The lowest BCUT2D eigenvalue weighted by atomic mass is 9.98. The molecule has 0 spiro atoms. The van der Waals surface area contributed by atoms with Gasteiger partial charge in [0, 0.05) is 35.2 Å². The molecule has 0 amide bonds. The van der Waals surface area contributed by atoms with Gasteiger partial charge < -0.3 is 10.4 Å². The minimum absolute atomic E-state index is 0.291. The van der Waals surface area contributed by atoms with Crippen LogP contribution in [0.5, 0.6) is 5.75 Å². The Hall–Kier alpha value is -0.580. The van der Waals surface area contributed by atoms with E-state index in [0.29, 0.717) is 17.8 Å². The molecule has 1 heterocycles. The van der Waals surface area contributed by atoms with Crippen LogP contribution in [0.15, 0.2) is 22.7 Å². The predicted octanol–water partition coefficient (Wildman–Crippen LogP) is 2.90. The van der Waals surface area contributed by atoms with Gasteiger partial charge >= 0.3 is 0 Å². The Bertz CT molecular complexity index is 407. The maximum atomic E-state index is 10.1. The number of benzene rings is 1. The summed E-state index contributed by atoms with van der Waals surface area (Å²) in [6, 6.07) is 6.58. The minimum atomic E-state index is 0.291. The van der Waals surface area contributed by atoms with Gasteiger partial charge in [0.15, 0.2) is 0 Å². The number of aromatic hydroxyl groups is 1. The summed E-state index contributed by atoms with van der Waals surface area (Å²) in [5.74, 6) is 0.399. The van der Waals surface area contributed by atoms with E-state index in [1.165, 1.54) is 0 Å². The first kappa shape index (κ1) is 13.8. The fourth-order valence-corrected chi connectivity index (χ4v) is 3.05. The molecule has 18 heavy (non-hydrogen) atoms. The second-order valence-corrected chi connectivity index (χ2v) is 5.69. The van der Waals surface area contributed by atoms with Gasteiger partial charge in [-0.1, -0.05) is 29.8 Å². The summed E-state index contributed by atoms with van der Waals surface area (Å²) < 4.78 is 1.02. The number of hydrogen-bond donors (Lipinski definition) is 2. The van der Waals surface area contributed by atoms with Gasteiger partial charge in [-0.05, 0) is 31.2 Å². The number of halogens is 1. The Morgan fingerprint density at radius 1 is 1.44 bits per heavy atom. The highest BCUT2D eigenvalue weighted by Gasteiger charge is 2.30. The molecule has 1 atom stereocenters. The zero-order chi connectivity index (χ0) is 13.1. The Morgan fingerprint density at radius 3 is 2.67 bits per heavy atom. The fourth-order valence-electron chi connectivity index (χ4n) is 2.67. The number of phenols is 1. The molecule has 0 aromatic heterocycles. The van der Waals surface area contributed by atoms with Crippen molar-refractivity contribution >= 4 is 15.9 Å². The Labute approximate surface area is 117 Å². The van der Waals surface area contributed by atoms with Crippen molar-refractivity contribution in [2.75, 3.05) is 19.6 Å². The molecule has 1 aromatic rings. The first-order valence-corrected chi connectivity index (χ1v) is 7.41. The van der Waals surface area contributed by atoms with Crippen molar-refractivity contribution in [1.82, 2.24) is 10.2 Å². The largest absolute Gasteiger partial charge is 0.508 e. The van der Waals surface area contributed by atoms with E-state index >= 15 is 0 Å². The van der Waals surface area contributed by atoms with Crippen LogP contribution in [0.4, 0.5) is 0 Å². The highest BCUT2D eigenvalue weighted by molar-refractivity contribution is 9.10. The molecule has 1 saturated heterocycles. The first-order chi connectivity index (χ1) is 8.67. The van der Waals surface area contributed by atoms with E-state index in [1.807, 2.05) is 12.1 Å². The fraction of sp³-hybridized carbons (Fsp3) is 0.571. The second kappa shape index (κ2) is 6.04. The molecule has 2 N–H and O–H groups in total. The van der Waals surface area contributed by atoms with Crippen LogP contribution < -0.4 is 5.32 Å². The number of rotatable bonds is 5. The number of likely N-dealkylation sites (N-methyl/N-ethyl adjacent to an activating group) is 1. The van der Waals surface area contributed by atoms with Crippen LogP contribution in [-0.4, -0.2) is 35.7 Å². The molecule has 0 radical (unpaired) electrons. The summed E-state index contributed by atoms with van der Waals surface area (Å²) in [6.07, 6.45) is 1.01. The maximum absolute atomic E-state index is 10.1. The summed E-state index contributed by atoms with van der Waals surface area (Å²) in [7, 11) is 0. The molecule has 2 rings (SSSR count). The Balaban J connectivity index is 2.27. The van der Waals surface area contributed by atoms with E-state index < -0.39 is 0 Å². The molecule has 0 aliphatic carbocycles. The summed E-state index contributed by atoms with van der Waals surface area (Å²) in [6.45, 7) is 7.49. The van der Waals surface area contributed by atoms with Crippen LogP contribution >= 0.6 is 15.9 Å². The van der Waals surface area contributed by atoms with Crippen molar-refractivity contribution in [1.29, 1.82) is 0 Å². The molecule has 0 saturated carbocycles. The maximum Gasteiger partial charge on any atom is 0.120 e. The lowest BCUT2D eigenvalue weighted by Crippen LogP contribution is -2.57. The molecule has 4 heteroatoms. The SMILES string of the molecule is CCC(c1cc(Br)ccc1O)N(CC)C1CNC1. The second-order valence-electron chi connectivity index (χ2n) is 4.77. The van der Waals surface area contributed by atoms with Crippen molar-refractivity contribution in [2.45, 2.75) is 32.4 Å². The summed E-state index contributed by atoms with van der Waals surface area (Å²) in [4.78, 5) is 2.48. The van der Waals surface area contributed by atoms with Crippen molar-refractivity contribution in [2.24, 2.45) is 0 Å². The molecule has 0 bridgehead atoms. The topological polar surface area (TPSA) is 35.5 Å². The third-order valence-electron chi connectivity index (χ3n) is 3.73. The van der Waals surface area contributed by atoms with Crippen LogP contribution in [0.2, 0.25) is 0 Å². The average molecular weight is 313 g/mol. The molecule has 1 aliphatic heterocycles. The summed E-state index contributed by atoms with van der Waals surface area (Å²) in [5.41, 5.74) is 1.03. The highest BCUT2D eigenvalue weighted by atomic mass is 79.9. The van der Waals surface area contributed by atoms with Crippen LogP contribution in [0.1, 0.15) is 31.9 Å². The molecule has 3 nitrogen and oxygen atoms in total. The van der Waals surface area contributed by atoms with Crippen LogP contribution in [0, 0.1) is 0 Å². The highest BCUT2D eigenvalue weighted by Crippen LogP contribution is 2.34. The van der Waals surface area contributed by atoms with Gasteiger partial charge in [0.2, 0.25) is 0 Å². The molecular formula is C14H21BrN2O. The van der Waals surface area contributed by atoms with E-state index in [4.69, 9.17) is 0 Å². The van der Waals surface area contributed by atoms with Crippen molar-refractivity contribution < 1.29 is 5.11 Å². The number of phenolic OH excluding ortho intramolecular Hbond substituents is 1. The predicted molar refractivity (Wildman–Crippen MR) is 77.9 cm³/mol. The smallest absolute Gasteiger partial charge is 0.120 e. The van der Waals surface area contributed by atoms with Crippen LogP contribution in [0.3, 0.4) is 0 Å². The standard InChI is InChI=1S/C14H21BrN2O/c1-3-13(17(4-2)11-8-16-9-11)12-7-10(15)5-6-14(12)18/h5-7,11,13,16,18H,3-4,8-9H2,1-2H3. The minimum Gasteiger partial charge on any atom is -0.508 e. The zero-order valence-electron chi connectivity index (χ0n) is 11.0. The number of nitrogens with zero attached hydrogens (tertiary/aromatic N) is 1. The van der Waals surface area contributed by atoms with Crippen molar-refractivity contribution in [3.63, 3.8) is 0 Å². The van der Waals surface area contributed by atoms with E-state index in [2.05, 4.69) is 40.0 Å². The van der Waals surface area contributed by atoms with Gasteiger partial charge in [-0.3, -0.25) is 4.90 Å². The average Bonchev–Trinajstić information content (AvgIpc) is 2.30. The van der Waals surface area contributed by atoms with E-state index in [1.54, 1.807) is 6.07 Å². The van der Waals surface area contributed by atoms with Gasteiger partial charge in [-0.15, -0.1) is 0 Å². The van der Waals surface area contributed by atoms with Crippen LogP contribution in [-0.2, 0) is 0 Å². The molecule has 1 aromatic carbocycles. The Morgan fingerprint density at radius 2 is 2.17 bits per heavy atom. The van der Waals surface area contributed by atoms with Gasteiger partial charge in [-0.2, -0.15) is 0 Å². The van der Waals surface area contributed by atoms with Gasteiger partial charge in [0.1, 0.15) is 5.75 Å². The monoisotopic (exact) mass is 312 g/mol. The lowest BCUT2D eigenvalue weighted by Gasteiger charge is -2.42.